The second-order valence-corrected chi connectivity index (χ2v) is 21.1. The van der Waals surface area contributed by atoms with E-state index in [-0.39, 0.29) is 0 Å². The van der Waals surface area contributed by atoms with E-state index < -0.39 is 8.07 Å². The van der Waals surface area contributed by atoms with Crippen molar-refractivity contribution in [3.05, 3.63) is 176 Å². The Morgan fingerprint density at radius 1 is 0.482 bits per heavy atom. The van der Waals surface area contributed by atoms with Gasteiger partial charge in [0, 0.05) is 53.3 Å². The molecule has 2 nitrogen and oxygen atoms in total. The molecular weight excluding hydrogens is 715 g/mol. The average Bonchev–Trinajstić information content (AvgIpc) is 3.89. The van der Waals surface area contributed by atoms with Gasteiger partial charge in [-0.25, -0.2) is 0 Å². The smallest absolute Gasteiger partial charge is 0.143 e. The number of furan rings is 1. The van der Waals surface area contributed by atoms with Gasteiger partial charge in [0.15, 0.2) is 0 Å². The Labute approximate surface area is 329 Å². The number of anilines is 3. The second-order valence-electron chi connectivity index (χ2n) is 15.7. The van der Waals surface area contributed by atoms with Gasteiger partial charge < -0.3 is 9.32 Å². The van der Waals surface area contributed by atoms with E-state index in [0.29, 0.717) is 0 Å². The molecule has 0 spiro atoms. The number of hydrogen-bond donors (Lipinski definition) is 0. The second kappa shape index (κ2) is 11.8. The highest BCUT2D eigenvalue weighted by molar-refractivity contribution is 7.26. The summed E-state index contributed by atoms with van der Waals surface area (Å²) < 4.78 is 9.16. The number of hydrogen-bond acceptors (Lipinski definition) is 3. The van der Waals surface area contributed by atoms with Crippen LogP contribution in [0.1, 0.15) is 0 Å². The summed E-state index contributed by atoms with van der Waals surface area (Å²) in [7, 11) is -1.89. The topological polar surface area (TPSA) is 16.4 Å². The molecule has 1 aliphatic heterocycles. The van der Waals surface area contributed by atoms with Gasteiger partial charge in [-0.05, 0) is 97.8 Å². The third-order valence-corrected chi connectivity index (χ3v) is 16.9. The predicted octanol–water partition coefficient (Wildman–Crippen LogP) is 14.2. The first kappa shape index (κ1) is 31.8. The third kappa shape index (κ3) is 4.54. The lowest BCUT2D eigenvalue weighted by molar-refractivity contribution is 0.673. The van der Waals surface area contributed by atoms with Crippen molar-refractivity contribution >= 4 is 111 Å². The molecule has 0 amide bonds. The van der Waals surface area contributed by atoms with Gasteiger partial charge in [-0.15, -0.1) is 11.3 Å². The number of nitrogens with zero attached hydrogens (tertiary/aromatic N) is 1. The van der Waals surface area contributed by atoms with Gasteiger partial charge in [0.2, 0.25) is 0 Å². The van der Waals surface area contributed by atoms with E-state index >= 15 is 0 Å². The lowest BCUT2D eigenvalue weighted by Gasteiger charge is -2.29. The number of thiophene rings is 1. The van der Waals surface area contributed by atoms with Crippen LogP contribution in [0.25, 0.3) is 85.9 Å². The first-order chi connectivity index (χ1) is 27.5. The fourth-order valence-electron chi connectivity index (χ4n) is 9.51. The average molecular weight is 750 g/mol. The van der Waals surface area contributed by atoms with E-state index in [0.717, 1.165) is 27.9 Å². The van der Waals surface area contributed by atoms with Crippen molar-refractivity contribution in [3.63, 3.8) is 0 Å². The molecule has 0 radical (unpaired) electrons. The minimum absolute atomic E-state index is 0.936. The molecule has 0 bridgehead atoms. The Bertz CT molecular complexity index is 3410. The molecule has 0 unspecified atom stereocenters. The predicted molar refractivity (Wildman–Crippen MR) is 244 cm³/mol. The van der Waals surface area contributed by atoms with Crippen molar-refractivity contribution in [1.82, 2.24) is 0 Å². The number of rotatable bonds is 4. The summed E-state index contributed by atoms with van der Waals surface area (Å²) in [5, 5.41) is 12.8. The molecule has 0 fully saturated rings. The van der Waals surface area contributed by atoms with E-state index in [9.17, 15) is 0 Å². The summed E-state index contributed by atoms with van der Waals surface area (Å²) in [6.45, 7) is 4.99. The number of fused-ring (bicyclic) bond motifs is 13. The van der Waals surface area contributed by atoms with Gasteiger partial charge in [0.05, 0.1) is 5.69 Å². The quantitative estimate of drug-likeness (QED) is 0.167. The molecule has 0 saturated heterocycles. The van der Waals surface area contributed by atoms with Crippen molar-refractivity contribution in [2.24, 2.45) is 0 Å². The fraction of sp³-hybridized carbons (Fsp3) is 0.0385. The molecule has 9 aromatic carbocycles. The first-order valence-corrected chi connectivity index (χ1v) is 23.1. The van der Waals surface area contributed by atoms with Crippen molar-refractivity contribution < 1.29 is 4.42 Å². The van der Waals surface area contributed by atoms with Crippen LogP contribution < -0.4 is 15.3 Å². The SMILES string of the molecule is C[Si]1(C)c2ccccc2-c2c(N(c3ccc(-c4ccc5ccccc5c4)cc3)c3ccc4c(c3)sc3ccc5oc6c7ccccc7ccc6c5c34)cccc21. The van der Waals surface area contributed by atoms with Crippen molar-refractivity contribution in [1.29, 1.82) is 0 Å². The van der Waals surface area contributed by atoms with E-state index in [1.54, 1.807) is 0 Å². The maximum atomic E-state index is 6.62. The Kier molecular flexibility index (Phi) is 6.69. The summed E-state index contributed by atoms with van der Waals surface area (Å²) in [6.07, 6.45) is 0. The van der Waals surface area contributed by atoms with Crippen LogP contribution in [0.3, 0.4) is 0 Å². The molecule has 56 heavy (non-hydrogen) atoms. The van der Waals surface area contributed by atoms with Crippen LogP contribution >= 0.6 is 11.3 Å². The zero-order valence-electron chi connectivity index (χ0n) is 31.0. The maximum Gasteiger partial charge on any atom is 0.143 e. The van der Waals surface area contributed by atoms with Gasteiger partial charge in [-0.2, -0.15) is 0 Å². The van der Waals surface area contributed by atoms with Crippen molar-refractivity contribution in [3.8, 4) is 22.3 Å². The molecule has 2 aromatic heterocycles. The molecule has 11 aromatic rings. The van der Waals surface area contributed by atoms with Crippen LogP contribution in [0.4, 0.5) is 17.1 Å². The van der Waals surface area contributed by atoms with Gasteiger partial charge >= 0.3 is 0 Å². The molecule has 1 aliphatic rings. The molecular formula is C52H35NOSSi. The summed E-state index contributed by atoms with van der Waals surface area (Å²) in [5.41, 5.74) is 10.6. The van der Waals surface area contributed by atoms with Crippen LogP contribution in [-0.4, -0.2) is 8.07 Å². The van der Waals surface area contributed by atoms with Gasteiger partial charge in [0.25, 0.3) is 0 Å². The molecule has 0 aliphatic carbocycles. The maximum absolute atomic E-state index is 6.62. The van der Waals surface area contributed by atoms with Crippen LogP contribution in [0.2, 0.25) is 13.1 Å². The van der Waals surface area contributed by atoms with Crippen LogP contribution in [-0.2, 0) is 0 Å². The fourth-order valence-corrected chi connectivity index (χ4v) is 13.7. The Morgan fingerprint density at radius 2 is 1.20 bits per heavy atom. The zero-order valence-corrected chi connectivity index (χ0v) is 32.8. The highest BCUT2D eigenvalue weighted by Gasteiger charge is 2.39. The minimum atomic E-state index is -1.89. The van der Waals surface area contributed by atoms with Crippen LogP contribution in [0.15, 0.2) is 180 Å². The van der Waals surface area contributed by atoms with Gasteiger partial charge in [0.1, 0.15) is 19.2 Å². The normalized spacial score (nSPS) is 13.3. The Hall–Kier alpha value is -6.46. The van der Waals surface area contributed by atoms with E-state index in [1.807, 2.05) is 11.3 Å². The number of benzene rings is 9. The van der Waals surface area contributed by atoms with Gasteiger partial charge in [-0.3, -0.25) is 0 Å². The molecule has 0 atom stereocenters. The standard InChI is InChI=1S/C52H35NOSSi/c1-56(2)47-16-8-7-14-41(47)49-43(15-9-17-48(49)56)53(37-23-20-33(21-24-37)36-19-18-32-10-3-4-12-35(32)30-36)38-25-27-40-46(31-38)55-45-29-28-44-50(51(40)45)42-26-22-34-11-5-6-13-39(34)52(42)54-44/h3-31H,1-2H3. The van der Waals surface area contributed by atoms with Crippen molar-refractivity contribution in [2.45, 2.75) is 13.1 Å². The van der Waals surface area contributed by atoms with E-state index in [1.165, 1.54) is 85.4 Å². The molecule has 4 heteroatoms. The highest BCUT2D eigenvalue weighted by Crippen LogP contribution is 2.48. The lowest BCUT2D eigenvalue weighted by atomic mass is 9.99. The molecule has 0 N–H and O–H groups in total. The van der Waals surface area contributed by atoms with E-state index in [4.69, 9.17) is 4.42 Å². The Morgan fingerprint density at radius 3 is 2.09 bits per heavy atom. The third-order valence-electron chi connectivity index (χ3n) is 12.2. The minimum Gasteiger partial charge on any atom is -0.455 e. The monoisotopic (exact) mass is 749 g/mol. The molecule has 12 rings (SSSR count). The summed E-state index contributed by atoms with van der Waals surface area (Å²) in [4.78, 5) is 2.49. The van der Waals surface area contributed by atoms with E-state index in [2.05, 4.69) is 194 Å². The first-order valence-electron chi connectivity index (χ1n) is 19.3. The zero-order chi connectivity index (χ0) is 37.1. The molecule has 264 valence electrons. The molecule has 0 saturated carbocycles. The molecule has 3 heterocycles. The largest absolute Gasteiger partial charge is 0.455 e. The van der Waals surface area contributed by atoms with Crippen molar-refractivity contribution in [2.75, 3.05) is 4.90 Å². The summed E-state index contributed by atoms with van der Waals surface area (Å²) in [5.74, 6) is 0. The lowest BCUT2D eigenvalue weighted by Crippen LogP contribution is -2.49. The van der Waals surface area contributed by atoms with Crippen LogP contribution in [0, 0.1) is 0 Å². The van der Waals surface area contributed by atoms with Crippen LogP contribution in [0.5, 0.6) is 0 Å². The Balaban J connectivity index is 1.07. The van der Waals surface area contributed by atoms with Gasteiger partial charge in [-0.1, -0.05) is 134 Å². The summed E-state index contributed by atoms with van der Waals surface area (Å²) in [6, 6.07) is 65.0. The summed E-state index contributed by atoms with van der Waals surface area (Å²) >= 11 is 1.87. The highest BCUT2D eigenvalue weighted by atomic mass is 32.1.